The van der Waals surface area contributed by atoms with E-state index >= 15 is 0 Å². The third-order valence-corrected chi connectivity index (χ3v) is 4.36. The summed E-state index contributed by atoms with van der Waals surface area (Å²) in [7, 11) is -2.22. The van der Waals surface area contributed by atoms with Crippen LogP contribution in [0.1, 0.15) is 11.4 Å². The fourth-order valence-corrected chi connectivity index (χ4v) is 2.69. The number of sulfonamides is 1. The van der Waals surface area contributed by atoms with Gasteiger partial charge in [0.15, 0.2) is 0 Å². The summed E-state index contributed by atoms with van der Waals surface area (Å²) in [5, 5.41) is 6.29. The number of nitrogens with zero attached hydrogens (tertiary/aromatic N) is 4. The highest BCUT2D eigenvalue weighted by Crippen LogP contribution is 2.15. The molecule has 110 valence electrons. The van der Waals surface area contributed by atoms with Crippen LogP contribution in [0.4, 0.5) is 0 Å². The molecule has 0 amide bonds. The van der Waals surface area contributed by atoms with Crippen molar-refractivity contribution in [3.05, 3.63) is 36.2 Å². The van der Waals surface area contributed by atoms with E-state index < -0.39 is 10.0 Å². The molecular formula is C12H14N6O2S. The molecular weight excluding hydrogens is 292 g/mol. The maximum absolute atomic E-state index is 12.4. The topological polar surface area (TPSA) is 118 Å². The molecule has 2 rings (SSSR count). The number of hydrogen-bond acceptors (Lipinski definition) is 6. The van der Waals surface area contributed by atoms with E-state index in [9.17, 15) is 8.42 Å². The van der Waals surface area contributed by atoms with Gasteiger partial charge in [0, 0.05) is 25.0 Å². The summed E-state index contributed by atoms with van der Waals surface area (Å²) in [6, 6.07) is 1.46. The monoisotopic (exact) mass is 306 g/mol. The summed E-state index contributed by atoms with van der Waals surface area (Å²) in [6.45, 7) is 0.281. The summed E-state index contributed by atoms with van der Waals surface area (Å²) < 4.78 is 26.0. The molecule has 0 aliphatic heterocycles. The predicted molar refractivity (Wildman–Crippen MR) is 75.2 cm³/mol. The molecule has 2 aromatic heterocycles. The first kappa shape index (κ1) is 15.1. The second kappa shape index (κ2) is 6.45. The summed E-state index contributed by atoms with van der Waals surface area (Å²) in [4.78, 5) is 7.86. The van der Waals surface area contributed by atoms with Crippen molar-refractivity contribution in [3.63, 3.8) is 0 Å². The van der Waals surface area contributed by atoms with E-state index in [-0.39, 0.29) is 18.0 Å². The minimum absolute atomic E-state index is 0.0633. The Hall–Kier alpha value is -2.28. The summed E-state index contributed by atoms with van der Waals surface area (Å²) in [6.07, 6.45) is 4.08. The third-order valence-electron chi connectivity index (χ3n) is 2.59. The van der Waals surface area contributed by atoms with Crippen molar-refractivity contribution in [2.24, 2.45) is 5.73 Å². The van der Waals surface area contributed by atoms with Crippen LogP contribution in [0.2, 0.25) is 0 Å². The van der Waals surface area contributed by atoms with Crippen LogP contribution in [0.15, 0.2) is 29.7 Å². The molecule has 2 aromatic rings. The van der Waals surface area contributed by atoms with Crippen molar-refractivity contribution in [1.29, 1.82) is 0 Å². The first-order valence-electron chi connectivity index (χ1n) is 5.98. The Balaban J connectivity index is 2.26. The molecule has 0 fully saturated rings. The Morgan fingerprint density at radius 2 is 2.24 bits per heavy atom. The Bertz CT molecular complexity index is 761. The fourth-order valence-electron chi connectivity index (χ4n) is 1.56. The predicted octanol–water partition coefficient (Wildman–Crippen LogP) is -0.669. The quantitative estimate of drug-likeness (QED) is 0.723. The molecule has 0 saturated heterocycles. The van der Waals surface area contributed by atoms with Crippen molar-refractivity contribution >= 4 is 10.0 Å². The molecule has 2 heterocycles. The van der Waals surface area contributed by atoms with E-state index in [1.165, 1.54) is 31.8 Å². The van der Waals surface area contributed by atoms with Gasteiger partial charge in [-0.1, -0.05) is 11.8 Å². The number of aromatic amines is 1. The van der Waals surface area contributed by atoms with Crippen LogP contribution < -0.4 is 5.73 Å². The molecule has 0 spiro atoms. The largest absolute Gasteiger partial charge is 0.320 e. The molecule has 3 N–H and O–H groups in total. The van der Waals surface area contributed by atoms with Crippen molar-refractivity contribution in [1.82, 2.24) is 24.5 Å². The molecule has 9 heteroatoms. The molecule has 21 heavy (non-hydrogen) atoms. The highest BCUT2D eigenvalue weighted by Gasteiger charge is 2.22. The SMILES string of the molecule is CN(Cc1ncn[nH]1)S(=O)(=O)c1cncc(C#CCN)c1. The van der Waals surface area contributed by atoms with E-state index in [2.05, 4.69) is 32.0 Å². The van der Waals surface area contributed by atoms with Gasteiger partial charge < -0.3 is 5.73 Å². The zero-order chi connectivity index (χ0) is 15.3. The van der Waals surface area contributed by atoms with Crippen molar-refractivity contribution in [2.75, 3.05) is 13.6 Å². The van der Waals surface area contributed by atoms with Gasteiger partial charge in [-0.15, -0.1) is 0 Å². The van der Waals surface area contributed by atoms with Crippen LogP contribution in [-0.4, -0.2) is 46.5 Å². The molecule has 0 bridgehead atoms. The minimum Gasteiger partial charge on any atom is -0.320 e. The van der Waals surface area contributed by atoms with Gasteiger partial charge >= 0.3 is 0 Å². The number of hydrogen-bond donors (Lipinski definition) is 2. The highest BCUT2D eigenvalue weighted by atomic mass is 32.2. The highest BCUT2D eigenvalue weighted by molar-refractivity contribution is 7.89. The lowest BCUT2D eigenvalue weighted by molar-refractivity contribution is 0.457. The van der Waals surface area contributed by atoms with Gasteiger partial charge in [0.05, 0.1) is 13.1 Å². The van der Waals surface area contributed by atoms with Crippen LogP contribution in [0, 0.1) is 11.8 Å². The van der Waals surface area contributed by atoms with E-state index in [1.54, 1.807) is 0 Å². The maximum Gasteiger partial charge on any atom is 0.244 e. The van der Waals surface area contributed by atoms with Crippen LogP contribution >= 0.6 is 0 Å². The van der Waals surface area contributed by atoms with Gasteiger partial charge in [0.25, 0.3) is 0 Å². The van der Waals surface area contributed by atoms with E-state index in [0.29, 0.717) is 11.4 Å². The number of H-pyrrole nitrogens is 1. The summed E-state index contributed by atoms with van der Waals surface area (Å²) in [5.41, 5.74) is 5.78. The number of nitrogens with one attached hydrogen (secondary N) is 1. The van der Waals surface area contributed by atoms with E-state index in [0.717, 1.165) is 4.31 Å². The van der Waals surface area contributed by atoms with Crippen molar-refractivity contribution in [2.45, 2.75) is 11.4 Å². The molecule has 0 unspecified atom stereocenters. The van der Waals surface area contributed by atoms with Crippen LogP contribution in [0.5, 0.6) is 0 Å². The lowest BCUT2D eigenvalue weighted by Crippen LogP contribution is -2.27. The zero-order valence-electron chi connectivity index (χ0n) is 11.3. The standard InChI is InChI=1S/C12H14N6O2S/c1-18(8-12-15-9-16-17-12)21(19,20)11-5-10(3-2-4-13)6-14-7-11/h5-7,9H,4,8,13H2,1H3,(H,15,16,17). The van der Waals surface area contributed by atoms with E-state index in [1.807, 2.05) is 0 Å². The van der Waals surface area contributed by atoms with Crippen LogP contribution in [-0.2, 0) is 16.6 Å². The van der Waals surface area contributed by atoms with Crippen molar-refractivity contribution in [3.8, 4) is 11.8 Å². The lowest BCUT2D eigenvalue weighted by atomic mass is 10.3. The molecule has 0 aliphatic rings. The Morgan fingerprint density at radius 1 is 1.43 bits per heavy atom. The normalized spacial score (nSPS) is 11.2. The minimum atomic E-state index is -3.68. The van der Waals surface area contributed by atoms with Crippen LogP contribution in [0.3, 0.4) is 0 Å². The lowest BCUT2D eigenvalue weighted by Gasteiger charge is -2.15. The van der Waals surface area contributed by atoms with Gasteiger partial charge in [0.2, 0.25) is 10.0 Å². The third kappa shape index (κ3) is 3.63. The Morgan fingerprint density at radius 3 is 2.90 bits per heavy atom. The first-order valence-corrected chi connectivity index (χ1v) is 7.42. The summed E-state index contributed by atoms with van der Waals surface area (Å²) >= 11 is 0. The molecule has 0 radical (unpaired) electrons. The molecule has 8 nitrogen and oxygen atoms in total. The number of pyridine rings is 1. The van der Waals surface area contributed by atoms with Gasteiger partial charge in [-0.3, -0.25) is 10.1 Å². The number of rotatable bonds is 4. The van der Waals surface area contributed by atoms with Gasteiger partial charge in [0.1, 0.15) is 17.0 Å². The number of aromatic nitrogens is 4. The Labute approximate surface area is 122 Å². The zero-order valence-corrected chi connectivity index (χ0v) is 12.1. The van der Waals surface area contributed by atoms with Gasteiger partial charge in [-0.25, -0.2) is 13.4 Å². The van der Waals surface area contributed by atoms with Gasteiger partial charge in [-0.2, -0.15) is 9.40 Å². The van der Waals surface area contributed by atoms with Gasteiger partial charge in [-0.05, 0) is 6.07 Å². The first-order chi connectivity index (χ1) is 10.0. The average Bonchev–Trinajstić information content (AvgIpc) is 2.98. The maximum atomic E-state index is 12.4. The van der Waals surface area contributed by atoms with Crippen LogP contribution in [0.25, 0.3) is 0 Å². The molecule has 0 saturated carbocycles. The summed E-state index contributed by atoms with van der Waals surface area (Å²) in [5.74, 6) is 5.86. The Kier molecular flexibility index (Phi) is 4.64. The molecule has 0 aromatic carbocycles. The molecule has 0 atom stereocenters. The second-order valence-electron chi connectivity index (χ2n) is 4.11. The number of nitrogens with two attached hydrogens (primary N) is 1. The van der Waals surface area contributed by atoms with Crippen molar-refractivity contribution < 1.29 is 8.42 Å². The smallest absolute Gasteiger partial charge is 0.244 e. The molecule has 0 aliphatic carbocycles. The second-order valence-corrected chi connectivity index (χ2v) is 6.15. The average molecular weight is 306 g/mol. The fraction of sp³-hybridized carbons (Fsp3) is 0.250. The van der Waals surface area contributed by atoms with E-state index in [4.69, 9.17) is 5.73 Å².